The second kappa shape index (κ2) is 7.40. The molecular formula is C13H11Cl2N3O6S. The van der Waals surface area contributed by atoms with Crippen molar-refractivity contribution in [2.45, 2.75) is 4.90 Å². The summed E-state index contributed by atoms with van der Waals surface area (Å²) in [5, 5.41) is 10.5. The van der Waals surface area contributed by atoms with Gasteiger partial charge in [-0.25, -0.2) is 18.1 Å². The quantitative estimate of drug-likeness (QED) is 0.576. The maximum atomic E-state index is 12.0. The minimum Gasteiger partial charge on any atom is -0.494 e. The summed E-state index contributed by atoms with van der Waals surface area (Å²) in [6, 6.07) is 3.22. The molecule has 1 heterocycles. The highest BCUT2D eigenvalue weighted by atomic mass is 35.5. The van der Waals surface area contributed by atoms with Crippen LogP contribution in [-0.2, 0) is 10.0 Å². The van der Waals surface area contributed by atoms with Crippen molar-refractivity contribution in [1.29, 1.82) is 0 Å². The Labute approximate surface area is 152 Å². The second-order valence-corrected chi connectivity index (χ2v) is 7.15. The van der Waals surface area contributed by atoms with Gasteiger partial charge in [-0.3, -0.25) is 10.1 Å². The van der Waals surface area contributed by atoms with Crippen LogP contribution in [0.3, 0.4) is 0 Å². The third-order valence-corrected chi connectivity index (χ3v) is 4.98. The summed E-state index contributed by atoms with van der Waals surface area (Å²) >= 11 is 11.9. The van der Waals surface area contributed by atoms with Gasteiger partial charge in [0, 0.05) is 18.2 Å². The molecule has 12 heteroatoms. The number of rotatable bonds is 6. The van der Waals surface area contributed by atoms with Gasteiger partial charge in [0.25, 0.3) is 5.69 Å². The first-order chi connectivity index (χ1) is 11.7. The number of nitrogens with zero attached hydrogens (tertiary/aromatic N) is 2. The Hall–Kier alpha value is -2.14. The molecule has 0 bridgehead atoms. The fourth-order valence-electron chi connectivity index (χ4n) is 1.79. The predicted molar refractivity (Wildman–Crippen MR) is 90.2 cm³/mol. The standard InChI is InChI=1S/C13H11Cl2N3O6S/c1-16-25(21,22)11-5-12(17-6-10(11)23-2)24-13-8(14)3-7(18(19)20)4-9(13)15/h3-6,16H,1-2H3. The van der Waals surface area contributed by atoms with Gasteiger partial charge < -0.3 is 9.47 Å². The molecule has 0 fully saturated rings. The number of aromatic nitrogens is 1. The highest BCUT2D eigenvalue weighted by Gasteiger charge is 2.21. The number of benzene rings is 1. The average Bonchev–Trinajstić information content (AvgIpc) is 2.57. The van der Waals surface area contributed by atoms with E-state index in [2.05, 4.69) is 9.71 Å². The third-order valence-electron chi connectivity index (χ3n) is 2.99. The molecule has 2 aromatic rings. The van der Waals surface area contributed by atoms with Crippen LogP contribution in [0.1, 0.15) is 0 Å². The smallest absolute Gasteiger partial charge is 0.272 e. The Morgan fingerprint density at radius 3 is 2.32 bits per heavy atom. The highest BCUT2D eigenvalue weighted by molar-refractivity contribution is 7.89. The van der Waals surface area contributed by atoms with E-state index in [1.807, 2.05) is 0 Å². The molecule has 0 unspecified atom stereocenters. The molecule has 9 nitrogen and oxygen atoms in total. The number of non-ortho nitro benzene ring substituents is 1. The van der Waals surface area contributed by atoms with Crippen molar-refractivity contribution in [3.05, 3.63) is 44.6 Å². The number of hydrogen-bond donors (Lipinski definition) is 1. The van der Waals surface area contributed by atoms with Crippen LogP contribution in [0.15, 0.2) is 29.3 Å². The number of pyridine rings is 1. The van der Waals surface area contributed by atoms with Gasteiger partial charge >= 0.3 is 0 Å². The molecule has 0 aliphatic carbocycles. The number of nitro benzene ring substituents is 1. The minimum atomic E-state index is -3.84. The molecule has 2 rings (SSSR count). The van der Waals surface area contributed by atoms with Crippen molar-refractivity contribution < 1.29 is 22.8 Å². The van der Waals surface area contributed by atoms with E-state index in [4.69, 9.17) is 32.7 Å². The summed E-state index contributed by atoms with van der Waals surface area (Å²) in [5.74, 6) is -0.241. The van der Waals surface area contributed by atoms with Crippen molar-refractivity contribution in [1.82, 2.24) is 9.71 Å². The summed E-state index contributed by atoms with van der Waals surface area (Å²) < 4.78 is 36.6. The van der Waals surface area contributed by atoms with E-state index >= 15 is 0 Å². The SMILES string of the molecule is CNS(=O)(=O)c1cc(Oc2c(Cl)cc([N+](=O)[O-])cc2Cl)ncc1OC. The van der Waals surface area contributed by atoms with Crippen LogP contribution in [-0.4, -0.2) is 32.5 Å². The topological polar surface area (TPSA) is 121 Å². The van der Waals surface area contributed by atoms with Crippen LogP contribution < -0.4 is 14.2 Å². The average molecular weight is 408 g/mol. The normalized spacial score (nSPS) is 11.2. The van der Waals surface area contributed by atoms with Crippen molar-refractivity contribution in [3.63, 3.8) is 0 Å². The molecule has 0 atom stereocenters. The van der Waals surface area contributed by atoms with Crippen molar-refractivity contribution in [2.24, 2.45) is 0 Å². The zero-order chi connectivity index (χ0) is 18.8. The van der Waals surface area contributed by atoms with Crippen molar-refractivity contribution >= 4 is 38.9 Å². The Morgan fingerprint density at radius 1 is 1.24 bits per heavy atom. The van der Waals surface area contributed by atoms with Gasteiger partial charge in [-0.05, 0) is 7.05 Å². The maximum Gasteiger partial charge on any atom is 0.272 e. The van der Waals surface area contributed by atoms with Crippen LogP contribution in [0.4, 0.5) is 5.69 Å². The van der Waals surface area contributed by atoms with Crippen LogP contribution in [0.2, 0.25) is 10.0 Å². The van der Waals surface area contributed by atoms with Crippen molar-refractivity contribution in [2.75, 3.05) is 14.2 Å². The van der Waals surface area contributed by atoms with E-state index < -0.39 is 14.9 Å². The molecular weight excluding hydrogens is 397 g/mol. The molecule has 0 amide bonds. The Bertz CT molecular complexity index is 912. The molecule has 1 N–H and O–H groups in total. The number of sulfonamides is 1. The van der Waals surface area contributed by atoms with E-state index in [0.29, 0.717) is 0 Å². The number of hydrogen-bond acceptors (Lipinski definition) is 7. The van der Waals surface area contributed by atoms with Crippen LogP contribution >= 0.6 is 23.2 Å². The van der Waals surface area contributed by atoms with Crippen molar-refractivity contribution in [3.8, 4) is 17.4 Å². The molecule has 0 saturated carbocycles. The number of nitrogens with one attached hydrogen (secondary N) is 1. The van der Waals surface area contributed by atoms with Gasteiger partial charge in [0.15, 0.2) is 11.5 Å². The fraction of sp³-hybridized carbons (Fsp3) is 0.154. The van der Waals surface area contributed by atoms with Crippen LogP contribution in [0.5, 0.6) is 17.4 Å². The number of methoxy groups -OCH3 is 1. The summed E-state index contributed by atoms with van der Waals surface area (Å²) in [7, 11) is -1.32. The Kier molecular flexibility index (Phi) is 5.68. The monoisotopic (exact) mass is 407 g/mol. The molecule has 0 saturated heterocycles. The van der Waals surface area contributed by atoms with Gasteiger partial charge in [-0.1, -0.05) is 23.2 Å². The first-order valence-corrected chi connectivity index (χ1v) is 8.72. The molecule has 134 valence electrons. The Balaban J connectivity index is 2.49. The lowest BCUT2D eigenvalue weighted by Crippen LogP contribution is -2.19. The van der Waals surface area contributed by atoms with Gasteiger partial charge in [-0.2, -0.15) is 0 Å². The van der Waals surface area contributed by atoms with Crippen LogP contribution in [0.25, 0.3) is 0 Å². The van der Waals surface area contributed by atoms with E-state index in [-0.39, 0.29) is 38.0 Å². The zero-order valence-corrected chi connectivity index (χ0v) is 15.1. The summed E-state index contributed by atoms with van der Waals surface area (Å²) in [4.78, 5) is 13.8. The number of nitro groups is 1. The summed E-state index contributed by atoms with van der Waals surface area (Å²) in [6.45, 7) is 0. The molecule has 1 aromatic carbocycles. The van der Waals surface area contributed by atoms with Crippen LogP contribution in [0, 0.1) is 10.1 Å². The maximum absolute atomic E-state index is 12.0. The molecule has 0 aliphatic heterocycles. The molecule has 0 aliphatic rings. The zero-order valence-electron chi connectivity index (χ0n) is 12.8. The summed E-state index contributed by atoms with van der Waals surface area (Å²) in [6.07, 6.45) is 1.15. The second-order valence-electron chi connectivity index (χ2n) is 4.48. The summed E-state index contributed by atoms with van der Waals surface area (Å²) in [5.41, 5.74) is -0.316. The lowest BCUT2D eigenvalue weighted by molar-refractivity contribution is -0.384. The van der Waals surface area contributed by atoms with Gasteiger partial charge in [0.05, 0.1) is 28.3 Å². The molecule has 0 spiro atoms. The molecule has 0 radical (unpaired) electrons. The van der Waals surface area contributed by atoms with Gasteiger partial charge in [0.1, 0.15) is 4.90 Å². The fourth-order valence-corrected chi connectivity index (χ4v) is 3.22. The van der Waals surface area contributed by atoms with E-state index in [0.717, 1.165) is 24.4 Å². The van der Waals surface area contributed by atoms with E-state index in [1.54, 1.807) is 0 Å². The molecule has 1 aromatic heterocycles. The van der Waals surface area contributed by atoms with Gasteiger partial charge in [-0.15, -0.1) is 0 Å². The minimum absolute atomic E-state index is 0.00240. The largest absolute Gasteiger partial charge is 0.494 e. The first-order valence-electron chi connectivity index (χ1n) is 6.48. The highest BCUT2D eigenvalue weighted by Crippen LogP contribution is 2.39. The third kappa shape index (κ3) is 4.10. The lowest BCUT2D eigenvalue weighted by Gasteiger charge is -2.12. The molecule has 25 heavy (non-hydrogen) atoms. The van der Waals surface area contributed by atoms with E-state index in [1.165, 1.54) is 14.2 Å². The van der Waals surface area contributed by atoms with Gasteiger partial charge in [0.2, 0.25) is 15.9 Å². The van der Waals surface area contributed by atoms with E-state index in [9.17, 15) is 18.5 Å². The Morgan fingerprint density at radius 2 is 1.84 bits per heavy atom. The number of halogens is 2. The first kappa shape index (κ1) is 19.2. The number of ether oxygens (including phenoxy) is 2. The lowest BCUT2D eigenvalue weighted by atomic mass is 10.3. The predicted octanol–water partition coefficient (Wildman–Crippen LogP) is 3.01.